The summed E-state index contributed by atoms with van der Waals surface area (Å²) in [5.74, 6) is -0.988. The topological polar surface area (TPSA) is 76.2 Å². The molecule has 1 atom stereocenters. The summed E-state index contributed by atoms with van der Waals surface area (Å²) in [6, 6.07) is -0.836. The minimum absolute atomic E-state index is 0.304. The zero-order chi connectivity index (χ0) is 8.27. The quantitative estimate of drug-likeness (QED) is 0.677. The van der Waals surface area contributed by atoms with Crippen molar-refractivity contribution in [1.82, 2.24) is 4.98 Å². The summed E-state index contributed by atoms with van der Waals surface area (Å²) in [4.78, 5) is 14.2. The second-order valence-corrected chi connectivity index (χ2v) is 2.85. The first-order valence-electron chi connectivity index (χ1n) is 3.05. The summed E-state index contributed by atoms with van der Waals surface area (Å²) < 4.78 is 0. The second-order valence-electron chi connectivity index (χ2n) is 2.13. The summed E-state index contributed by atoms with van der Waals surface area (Å²) in [6.45, 7) is 0. The van der Waals surface area contributed by atoms with Gasteiger partial charge in [0.1, 0.15) is 6.04 Å². The van der Waals surface area contributed by atoms with Crippen LogP contribution in [0.15, 0.2) is 10.9 Å². The molecule has 0 bridgehead atoms. The molecule has 0 aliphatic heterocycles. The molecule has 1 unspecified atom stereocenters. The first-order chi connectivity index (χ1) is 5.20. The number of carboxylic acids is 1. The Morgan fingerprint density at radius 3 is 3.09 bits per heavy atom. The average molecular weight is 172 g/mol. The molecule has 3 N–H and O–H groups in total. The number of rotatable bonds is 3. The molecule has 0 radical (unpaired) electrons. The SMILES string of the molecule is NC(Cc1cscn1)C(=O)O. The summed E-state index contributed by atoms with van der Waals surface area (Å²) >= 11 is 1.43. The van der Waals surface area contributed by atoms with Gasteiger partial charge in [-0.05, 0) is 0 Å². The van der Waals surface area contributed by atoms with Gasteiger partial charge < -0.3 is 10.8 Å². The van der Waals surface area contributed by atoms with Gasteiger partial charge in [-0.15, -0.1) is 11.3 Å². The summed E-state index contributed by atoms with van der Waals surface area (Å²) in [5.41, 5.74) is 7.67. The van der Waals surface area contributed by atoms with Gasteiger partial charge in [0.2, 0.25) is 0 Å². The second kappa shape index (κ2) is 3.45. The lowest BCUT2D eigenvalue weighted by molar-refractivity contribution is -0.138. The maximum atomic E-state index is 10.3. The Morgan fingerprint density at radius 2 is 2.64 bits per heavy atom. The van der Waals surface area contributed by atoms with E-state index in [1.165, 1.54) is 11.3 Å². The van der Waals surface area contributed by atoms with Crippen LogP contribution in [-0.4, -0.2) is 22.1 Å². The van der Waals surface area contributed by atoms with Crippen molar-refractivity contribution in [2.24, 2.45) is 5.73 Å². The van der Waals surface area contributed by atoms with E-state index < -0.39 is 12.0 Å². The molecular weight excluding hydrogens is 164 g/mol. The zero-order valence-corrected chi connectivity index (χ0v) is 6.54. The highest BCUT2D eigenvalue weighted by atomic mass is 32.1. The smallest absolute Gasteiger partial charge is 0.320 e. The van der Waals surface area contributed by atoms with E-state index in [9.17, 15) is 4.79 Å². The van der Waals surface area contributed by atoms with Crippen LogP contribution >= 0.6 is 11.3 Å². The largest absolute Gasteiger partial charge is 0.480 e. The molecule has 0 saturated heterocycles. The molecule has 60 valence electrons. The summed E-state index contributed by atoms with van der Waals surface area (Å²) in [5, 5.41) is 10.2. The molecule has 0 aliphatic rings. The molecule has 11 heavy (non-hydrogen) atoms. The number of aliphatic carboxylic acids is 1. The van der Waals surface area contributed by atoms with Gasteiger partial charge in [-0.3, -0.25) is 4.79 Å². The monoisotopic (exact) mass is 172 g/mol. The molecule has 1 aromatic rings. The third-order valence-corrected chi connectivity index (χ3v) is 1.86. The van der Waals surface area contributed by atoms with Crippen molar-refractivity contribution in [2.45, 2.75) is 12.5 Å². The molecule has 4 nitrogen and oxygen atoms in total. The van der Waals surface area contributed by atoms with Gasteiger partial charge >= 0.3 is 5.97 Å². The van der Waals surface area contributed by atoms with Crippen LogP contribution in [0.25, 0.3) is 0 Å². The van der Waals surface area contributed by atoms with E-state index in [1.807, 2.05) is 0 Å². The van der Waals surface area contributed by atoms with Crippen LogP contribution < -0.4 is 5.73 Å². The highest BCUT2D eigenvalue weighted by Crippen LogP contribution is 2.02. The number of hydrogen-bond donors (Lipinski definition) is 2. The van der Waals surface area contributed by atoms with Crippen molar-refractivity contribution in [1.29, 1.82) is 0 Å². The van der Waals surface area contributed by atoms with Crippen LogP contribution in [0.4, 0.5) is 0 Å². The van der Waals surface area contributed by atoms with Crippen molar-refractivity contribution < 1.29 is 9.90 Å². The van der Waals surface area contributed by atoms with E-state index in [4.69, 9.17) is 10.8 Å². The van der Waals surface area contributed by atoms with Gasteiger partial charge in [0.15, 0.2) is 0 Å². The van der Waals surface area contributed by atoms with Gasteiger partial charge in [0.05, 0.1) is 11.2 Å². The van der Waals surface area contributed by atoms with Crippen LogP contribution in [0, 0.1) is 0 Å². The molecule has 0 saturated carbocycles. The van der Waals surface area contributed by atoms with Crippen LogP contribution in [0.2, 0.25) is 0 Å². The van der Waals surface area contributed by atoms with Crippen molar-refractivity contribution in [3.05, 3.63) is 16.6 Å². The number of carbonyl (C=O) groups is 1. The van der Waals surface area contributed by atoms with Crippen LogP contribution in [-0.2, 0) is 11.2 Å². The summed E-state index contributed by atoms with van der Waals surface area (Å²) in [7, 11) is 0. The van der Waals surface area contributed by atoms with E-state index in [2.05, 4.69) is 4.98 Å². The molecule has 1 heterocycles. The Hall–Kier alpha value is -0.940. The number of nitrogens with two attached hydrogens (primary N) is 1. The van der Waals surface area contributed by atoms with E-state index in [0.717, 1.165) is 5.69 Å². The predicted molar refractivity (Wildman–Crippen MR) is 41.4 cm³/mol. The van der Waals surface area contributed by atoms with E-state index in [1.54, 1.807) is 10.9 Å². The fourth-order valence-electron chi connectivity index (χ4n) is 0.651. The predicted octanol–water partition coefficient (Wildman–Crippen LogP) is 0.0975. The molecule has 1 aromatic heterocycles. The zero-order valence-electron chi connectivity index (χ0n) is 5.73. The third kappa shape index (κ3) is 2.28. The minimum Gasteiger partial charge on any atom is -0.480 e. The van der Waals surface area contributed by atoms with Crippen molar-refractivity contribution >= 4 is 17.3 Å². The molecule has 5 heteroatoms. The Bertz CT molecular complexity index is 235. The number of nitrogens with zero attached hydrogens (tertiary/aromatic N) is 1. The van der Waals surface area contributed by atoms with Crippen molar-refractivity contribution in [3.8, 4) is 0 Å². The number of carboxylic acid groups (broad SMARTS) is 1. The summed E-state index contributed by atoms with van der Waals surface area (Å²) in [6.07, 6.45) is 0.304. The van der Waals surface area contributed by atoms with Crippen molar-refractivity contribution in [2.75, 3.05) is 0 Å². The third-order valence-electron chi connectivity index (χ3n) is 1.23. The normalized spacial score (nSPS) is 12.8. The Labute approximate surface area is 67.7 Å². The molecule has 0 spiro atoms. The first kappa shape index (κ1) is 8.16. The van der Waals surface area contributed by atoms with E-state index in [0.29, 0.717) is 6.42 Å². The molecule has 1 rings (SSSR count). The lowest BCUT2D eigenvalue weighted by atomic mass is 10.2. The Kier molecular flexibility index (Phi) is 2.56. The Morgan fingerprint density at radius 1 is 1.91 bits per heavy atom. The molecule has 0 aliphatic carbocycles. The van der Waals surface area contributed by atoms with Gasteiger partial charge in [-0.2, -0.15) is 0 Å². The highest BCUT2D eigenvalue weighted by molar-refractivity contribution is 7.07. The van der Waals surface area contributed by atoms with Gasteiger partial charge in [0.25, 0.3) is 0 Å². The molecule has 0 amide bonds. The van der Waals surface area contributed by atoms with Crippen LogP contribution in [0.1, 0.15) is 5.69 Å². The highest BCUT2D eigenvalue weighted by Gasteiger charge is 2.12. The van der Waals surface area contributed by atoms with E-state index in [-0.39, 0.29) is 0 Å². The number of thiazole rings is 1. The van der Waals surface area contributed by atoms with Crippen LogP contribution in [0.5, 0.6) is 0 Å². The molecular formula is C6H8N2O2S. The lowest BCUT2D eigenvalue weighted by Crippen LogP contribution is -2.32. The van der Waals surface area contributed by atoms with Gasteiger partial charge in [0, 0.05) is 11.8 Å². The lowest BCUT2D eigenvalue weighted by Gasteiger charge is -2.01. The first-order valence-corrected chi connectivity index (χ1v) is 4.00. The standard InChI is InChI=1S/C6H8N2O2S/c7-5(6(9)10)1-4-2-11-3-8-4/h2-3,5H,1,7H2,(H,9,10). The van der Waals surface area contributed by atoms with Gasteiger partial charge in [-0.25, -0.2) is 4.98 Å². The Balaban J connectivity index is 2.50. The number of hydrogen-bond acceptors (Lipinski definition) is 4. The van der Waals surface area contributed by atoms with Gasteiger partial charge in [-0.1, -0.05) is 0 Å². The maximum absolute atomic E-state index is 10.3. The van der Waals surface area contributed by atoms with Crippen LogP contribution in [0.3, 0.4) is 0 Å². The minimum atomic E-state index is -0.988. The molecule has 0 fully saturated rings. The fraction of sp³-hybridized carbons (Fsp3) is 0.333. The fourth-order valence-corrected chi connectivity index (χ4v) is 1.22. The maximum Gasteiger partial charge on any atom is 0.320 e. The van der Waals surface area contributed by atoms with Crippen molar-refractivity contribution in [3.63, 3.8) is 0 Å². The van der Waals surface area contributed by atoms with E-state index >= 15 is 0 Å². The average Bonchev–Trinajstić information content (AvgIpc) is 2.39. The molecule has 0 aromatic carbocycles. The number of aromatic nitrogens is 1.